The highest BCUT2D eigenvalue weighted by atomic mass is 28.4. The number of unbranched alkanes of at least 4 members (excludes halogenated alkanes) is 1. The molecule has 7 heteroatoms. The third kappa shape index (κ3) is 7.99. The van der Waals surface area contributed by atoms with Crippen molar-refractivity contribution in [2.45, 2.75) is 64.7 Å². The van der Waals surface area contributed by atoms with E-state index in [0.29, 0.717) is 24.4 Å². The molecular weight excluding hydrogens is 442 g/mol. The van der Waals surface area contributed by atoms with Crippen molar-refractivity contribution >= 4 is 25.9 Å². The zero-order valence-corrected chi connectivity index (χ0v) is 22.8. The number of hydrogen-bond acceptors (Lipinski definition) is 3. The van der Waals surface area contributed by atoms with Crippen LogP contribution in [0.15, 0.2) is 54.6 Å². The fourth-order valence-corrected chi connectivity index (χ4v) is 4.20. The van der Waals surface area contributed by atoms with Crippen molar-refractivity contribution in [1.82, 2.24) is 10.2 Å². The van der Waals surface area contributed by atoms with Gasteiger partial charge in [0.05, 0.1) is 12.6 Å². The van der Waals surface area contributed by atoms with Gasteiger partial charge >= 0.3 is 6.03 Å². The highest BCUT2D eigenvalue weighted by Crippen LogP contribution is 2.37. The summed E-state index contributed by atoms with van der Waals surface area (Å²) >= 11 is 0. The van der Waals surface area contributed by atoms with Gasteiger partial charge in [-0.2, -0.15) is 0 Å². The standard InChI is InChI=1S/C27H41N3O3Si/c1-8-9-18-30(5)25(31)22-16-13-17-23(19-22)28-26(32)29-24(21-14-11-10-12-15-21)20-33-34(6,7)27(2,3)4/h10-17,19,24H,8-9,18,20H2,1-7H3,(H2,28,29,32)/t24-/m0/s1. The Morgan fingerprint density at radius 2 is 1.74 bits per heavy atom. The summed E-state index contributed by atoms with van der Waals surface area (Å²) in [5, 5.41) is 6.02. The third-order valence-electron chi connectivity index (χ3n) is 6.49. The highest BCUT2D eigenvalue weighted by Gasteiger charge is 2.37. The molecule has 2 N–H and O–H groups in total. The number of anilines is 1. The minimum Gasteiger partial charge on any atom is -0.414 e. The second-order valence-corrected chi connectivity index (χ2v) is 15.1. The molecule has 2 aromatic carbocycles. The number of urea groups is 1. The summed E-state index contributed by atoms with van der Waals surface area (Å²) < 4.78 is 6.42. The first-order chi connectivity index (χ1) is 15.9. The Morgan fingerprint density at radius 3 is 2.35 bits per heavy atom. The molecule has 0 aliphatic rings. The fraction of sp³-hybridized carbons (Fsp3) is 0.481. The molecule has 0 heterocycles. The SMILES string of the molecule is CCCCN(C)C(=O)c1cccc(NC(=O)N[C@@H](CO[Si](C)(C)C(C)(C)C)c2ccccc2)c1. The lowest BCUT2D eigenvalue weighted by atomic mass is 10.1. The van der Waals surface area contributed by atoms with Crippen molar-refractivity contribution in [3.63, 3.8) is 0 Å². The number of carbonyl (C=O) groups excluding carboxylic acids is 2. The van der Waals surface area contributed by atoms with E-state index in [9.17, 15) is 9.59 Å². The van der Waals surface area contributed by atoms with Gasteiger partial charge in [0, 0.05) is 24.8 Å². The molecule has 0 saturated heterocycles. The monoisotopic (exact) mass is 483 g/mol. The number of carbonyl (C=O) groups is 2. The molecule has 0 aliphatic heterocycles. The zero-order valence-electron chi connectivity index (χ0n) is 21.8. The third-order valence-corrected chi connectivity index (χ3v) is 11.0. The molecule has 0 aromatic heterocycles. The average molecular weight is 484 g/mol. The molecule has 1 atom stereocenters. The topological polar surface area (TPSA) is 70.7 Å². The number of nitrogens with zero attached hydrogens (tertiary/aromatic N) is 1. The zero-order chi connectivity index (χ0) is 25.4. The maximum absolute atomic E-state index is 12.9. The molecule has 2 rings (SSSR count). The molecule has 0 aliphatic carbocycles. The van der Waals surface area contributed by atoms with Crippen molar-refractivity contribution in [1.29, 1.82) is 0 Å². The predicted molar refractivity (Wildman–Crippen MR) is 143 cm³/mol. The van der Waals surface area contributed by atoms with Gasteiger partial charge in [-0.25, -0.2) is 4.79 Å². The molecule has 6 nitrogen and oxygen atoms in total. The van der Waals surface area contributed by atoms with Crippen LogP contribution >= 0.6 is 0 Å². The molecule has 0 unspecified atom stereocenters. The van der Waals surface area contributed by atoms with E-state index < -0.39 is 8.32 Å². The number of benzene rings is 2. The number of hydrogen-bond donors (Lipinski definition) is 2. The maximum atomic E-state index is 12.9. The van der Waals surface area contributed by atoms with E-state index in [0.717, 1.165) is 18.4 Å². The van der Waals surface area contributed by atoms with Crippen molar-refractivity contribution in [3.8, 4) is 0 Å². The van der Waals surface area contributed by atoms with Crippen molar-refractivity contribution in [2.24, 2.45) is 0 Å². The van der Waals surface area contributed by atoms with E-state index in [1.165, 1.54) is 0 Å². The summed E-state index contributed by atoms with van der Waals surface area (Å²) in [7, 11) is -0.177. The Bertz CT molecular complexity index is 942. The van der Waals surface area contributed by atoms with Gasteiger partial charge in [-0.15, -0.1) is 0 Å². The van der Waals surface area contributed by atoms with Gasteiger partial charge in [-0.3, -0.25) is 4.79 Å². The lowest BCUT2D eigenvalue weighted by molar-refractivity contribution is 0.0793. The summed E-state index contributed by atoms with van der Waals surface area (Å²) in [6, 6.07) is 16.3. The van der Waals surface area contributed by atoms with Gasteiger partial charge in [0.15, 0.2) is 8.32 Å². The van der Waals surface area contributed by atoms with E-state index in [1.807, 2.05) is 30.3 Å². The van der Waals surface area contributed by atoms with Crippen LogP contribution in [-0.4, -0.2) is 45.4 Å². The van der Waals surface area contributed by atoms with Crippen LogP contribution in [0, 0.1) is 0 Å². The lowest BCUT2D eigenvalue weighted by Crippen LogP contribution is -2.44. The summed E-state index contributed by atoms with van der Waals surface area (Å²) in [6.07, 6.45) is 1.99. The Balaban J connectivity index is 2.10. The molecule has 0 radical (unpaired) electrons. The van der Waals surface area contributed by atoms with Crippen LogP contribution in [0.3, 0.4) is 0 Å². The first-order valence-electron chi connectivity index (χ1n) is 12.1. The van der Waals surface area contributed by atoms with Crippen molar-refractivity contribution in [2.75, 3.05) is 25.5 Å². The van der Waals surface area contributed by atoms with Crippen LogP contribution < -0.4 is 10.6 Å². The molecule has 0 saturated carbocycles. The molecular formula is C27H41N3O3Si. The molecule has 34 heavy (non-hydrogen) atoms. The van der Waals surface area contributed by atoms with Gasteiger partial charge < -0.3 is 20.0 Å². The van der Waals surface area contributed by atoms with Crippen LogP contribution in [-0.2, 0) is 4.43 Å². The van der Waals surface area contributed by atoms with E-state index in [2.05, 4.69) is 51.4 Å². The summed E-state index contributed by atoms with van der Waals surface area (Å²) in [5.41, 5.74) is 2.11. The van der Waals surface area contributed by atoms with Crippen LogP contribution in [0.4, 0.5) is 10.5 Å². The Labute approximate surface area is 206 Å². The summed E-state index contributed by atoms with van der Waals surface area (Å²) in [6.45, 7) is 14.2. The lowest BCUT2D eigenvalue weighted by Gasteiger charge is -2.37. The fourth-order valence-electron chi connectivity index (χ4n) is 3.19. The molecule has 0 bridgehead atoms. The highest BCUT2D eigenvalue weighted by molar-refractivity contribution is 6.74. The normalized spacial score (nSPS) is 12.7. The Hall–Kier alpha value is -2.64. The van der Waals surface area contributed by atoms with E-state index in [-0.39, 0.29) is 23.0 Å². The Kier molecular flexibility index (Phi) is 9.88. The van der Waals surface area contributed by atoms with Gasteiger partial charge in [-0.1, -0.05) is 70.5 Å². The number of nitrogens with one attached hydrogen (secondary N) is 2. The van der Waals surface area contributed by atoms with Gasteiger partial charge in [0.1, 0.15) is 0 Å². The van der Waals surface area contributed by atoms with E-state index in [1.54, 1.807) is 36.2 Å². The second kappa shape index (κ2) is 12.2. The minimum absolute atomic E-state index is 0.0533. The van der Waals surface area contributed by atoms with Crippen LogP contribution in [0.5, 0.6) is 0 Å². The molecule has 3 amide bonds. The summed E-state index contributed by atoms with van der Waals surface area (Å²) in [5.74, 6) is -0.0533. The smallest absolute Gasteiger partial charge is 0.319 e. The van der Waals surface area contributed by atoms with Crippen LogP contribution in [0.25, 0.3) is 0 Å². The summed E-state index contributed by atoms with van der Waals surface area (Å²) in [4.78, 5) is 27.3. The van der Waals surface area contributed by atoms with E-state index >= 15 is 0 Å². The van der Waals surface area contributed by atoms with Crippen molar-refractivity contribution in [3.05, 3.63) is 65.7 Å². The molecule has 0 spiro atoms. The largest absolute Gasteiger partial charge is 0.414 e. The Morgan fingerprint density at radius 1 is 1.06 bits per heavy atom. The van der Waals surface area contributed by atoms with Gasteiger partial charge in [0.25, 0.3) is 5.91 Å². The molecule has 186 valence electrons. The second-order valence-electron chi connectivity index (χ2n) is 10.3. The first-order valence-corrected chi connectivity index (χ1v) is 15.0. The first kappa shape index (κ1) is 27.6. The van der Waals surface area contributed by atoms with Gasteiger partial charge in [0.2, 0.25) is 0 Å². The van der Waals surface area contributed by atoms with E-state index in [4.69, 9.17) is 4.43 Å². The predicted octanol–water partition coefficient (Wildman–Crippen LogP) is 6.44. The van der Waals surface area contributed by atoms with Gasteiger partial charge in [-0.05, 0) is 48.3 Å². The quantitative estimate of drug-likeness (QED) is 0.382. The van der Waals surface area contributed by atoms with Crippen LogP contribution in [0.2, 0.25) is 18.1 Å². The average Bonchev–Trinajstić information content (AvgIpc) is 2.79. The number of rotatable bonds is 10. The molecule has 2 aromatic rings. The van der Waals surface area contributed by atoms with Crippen LogP contribution in [0.1, 0.15) is 62.5 Å². The minimum atomic E-state index is -1.98. The molecule has 0 fully saturated rings. The maximum Gasteiger partial charge on any atom is 0.319 e. The van der Waals surface area contributed by atoms with Crippen molar-refractivity contribution < 1.29 is 14.0 Å². The number of amides is 3.